The van der Waals surface area contributed by atoms with Crippen molar-refractivity contribution in [1.82, 2.24) is 10.3 Å². The molecule has 2 aromatic carbocycles. The van der Waals surface area contributed by atoms with Crippen LogP contribution < -0.4 is 21.1 Å². The number of nitrogens with two attached hydrogens (primary N) is 1. The minimum Gasteiger partial charge on any atom is -0.457 e. The van der Waals surface area contributed by atoms with Gasteiger partial charge in [-0.3, -0.25) is 19.9 Å². The number of nitrogens with one attached hydrogen (secondary N) is 2. The molecule has 9 heteroatoms. The zero-order valence-corrected chi connectivity index (χ0v) is 16.3. The van der Waals surface area contributed by atoms with Gasteiger partial charge < -0.3 is 15.8 Å². The number of imide groups is 1. The molecule has 152 valence electrons. The third-order valence-electron chi connectivity index (χ3n) is 3.87. The lowest BCUT2D eigenvalue weighted by molar-refractivity contribution is -0.119. The summed E-state index contributed by atoms with van der Waals surface area (Å²) in [5.41, 5.74) is 6.34. The zero-order chi connectivity index (χ0) is 21.5. The number of pyridine rings is 1. The van der Waals surface area contributed by atoms with Crippen LogP contribution in [-0.4, -0.2) is 22.8 Å². The number of ether oxygens (including phenoxy) is 1. The van der Waals surface area contributed by atoms with E-state index < -0.39 is 17.8 Å². The first kappa shape index (κ1) is 20.8. The molecule has 1 heterocycles. The average Bonchev–Trinajstić information content (AvgIpc) is 2.71. The molecular formula is C21H17ClN4O4. The van der Waals surface area contributed by atoms with Crippen LogP contribution in [0, 0.1) is 0 Å². The van der Waals surface area contributed by atoms with Gasteiger partial charge in [-0.05, 0) is 23.8 Å². The normalized spacial score (nSPS) is 10.2. The van der Waals surface area contributed by atoms with Crippen molar-refractivity contribution in [2.24, 2.45) is 5.73 Å². The first-order chi connectivity index (χ1) is 14.4. The maximum absolute atomic E-state index is 12.1. The lowest BCUT2D eigenvalue weighted by Crippen LogP contribution is -2.35. The predicted molar refractivity (Wildman–Crippen MR) is 112 cm³/mol. The summed E-state index contributed by atoms with van der Waals surface area (Å²) >= 11 is 6.19. The average molecular weight is 425 g/mol. The second-order valence-corrected chi connectivity index (χ2v) is 6.56. The number of hydrogen-bond acceptors (Lipinski definition) is 5. The molecule has 0 saturated heterocycles. The summed E-state index contributed by atoms with van der Waals surface area (Å²) in [6.45, 7) is 0. The van der Waals surface area contributed by atoms with E-state index >= 15 is 0 Å². The highest BCUT2D eigenvalue weighted by atomic mass is 35.5. The van der Waals surface area contributed by atoms with Crippen LogP contribution in [0.5, 0.6) is 11.5 Å². The van der Waals surface area contributed by atoms with Crippen molar-refractivity contribution >= 4 is 35.1 Å². The fourth-order valence-electron chi connectivity index (χ4n) is 2.51. The van der Waals surface area contributed by atoms with Crippen molar-refractivity contribution in [3.8, 4) is 11.5 Å². The first-order valence-electron chi connectivity index (χ1n) is 8.79. The number of anilines is 1. The van der Waals surface area contributed by atoms with Crippen molar-refractivity contribution in [3.05, 3.63) is 83.1 Å². The Morgan fingerprint density at radius 3 is 2.43 bits per heavy atom. The summed E-state index contributed by atoms with van der Waals surface area (Å²) in [7, 11) is 0. The monoisotopic (exact) mass is 424 g/mol. The Morgan fingerprint density at radius 2 is 1.73 bits per heavy atom. The second kappa shape index (κ2) is 9.53. The van der Waals surface area contributed by atoms with Crippen molar-refractivity contribution in [2.45, 2.75) is 6.42 Å². The Kier molecular flexibility index (Phi) is 6.61. The summed E-state index contributed by atoms with van der Waals surface area (Å²) in [5.74, 6) is -0.406. The lowest BCUT2D eigenvalue weighted by atomic mass is 10.1. The van der Waals surface area contributed by atoms with Gasteiger partial charge in [0.1, 0.15) is 17.2 Å². The van der Waals surface area contributed by atoms with Crippen molar-refractivity contribution in [2.75, 3.05) is 5.32 Å². The molecule has 30 heavy (non-hydrogen) atoms. The quantitative estimate of drug-likeness (QED) is 0.558. The van der Waals surface area contributed by atoms with Gasteiger partial charge >= 0.3 is 6.03 Å². The van der Waals surface area contributed by atoms with Crippen LogP contribution in [0.25, 0.3) is 0 Å². The third-order valence-corrected chi connectivity index (χ3v) is 4.18. The molecule has 4 amide bonds. The van der Waals surface area contributed by atoms with Gasteiger partial charge in [0.25, 0.3) is 5.91 Å². The molecule has 0 saturated carbocycles. The van der Waals surface area contributed by atoms with Crippen molar-refractivity contribution in [3.63, 3.8) is 0 Å². The number of rotatable bonds is 6. The van der Waals surface area contributed by atoms with Gasteiger partial charge in [-0.2, -0.15) is 0 Å². The molecule has 0 unspecified atom stereocenters. The molecular weight excluding hydrogens is 408 g/mol. The van der Waals surface area contributed by atoms with E-state index in [9.17, 15) is 14.4 Å². The maximum atomic E-state index is 12.1. The smallest absolute Gasteiger partial charge is 0.325 e. The maximum Gasteiger partial charge on any atom is 0.325 e. The van der Waals surface area contributed by atoms with Crippen LogP contribution in [-0.2, 0) is 11.2 Å². The van der Waals surface area contributed by atoms with E-state index in [4.69, 9.17) is 22.1 Å². The van der Waals surface area contributed by atoms with Crippen molar-refractivity contribution in [1.29, 1.82) is 0 Å². The summed E-state index contributed by atoms with van der Waals surface area (Å²) < 4.78 is 5.63. The van der Waals surface area contributed by atoms with E-state index in [1.54, 1.807) is 24.3 Å². The highest BCUT2D eigenvalue weighted by Crippen LogP contribution is 2.29. The van der Waals surface area contributed by atoms with E-state index in [-0.39, 0.29) is 17.1 Å². The van der Waals surface area contributed by atoms with Gasteiger partial charge in [0, 0.05) is 18.3 Å². The molecule has 0 fully saturated rings. The number of carbonyl (C=O) groups is 3. The van der Waals surface area contributed by atoms with E-state index in [2.05, 4.69) is 15.6 Å². The molecule has 3 aromatic rings. The van der Waals surface area contributed by atoms with E-state index in [1.807, 2.05) is 18.2 Å². The molecule has 0 aliphatic carbocycles. The molecule has 3 rings (SSSR count). The molecule has 0 radical (unpaired) electrons. The lowest BCUT2D eigenvalue weighted by Gasteiger charge is -2.11. The van der Waals surface area contributed by atoms with E-state index in [1.165, 1.54) is 24.4 Å². The van der Waals surface area contributed by atoms with Crippen LogP contribution in [0.4, 0.5) is 10.5 Å². The fourth-order valence-corrected chi connectivity index (χ4v) is 2.73. The van der Waals surface area contributed by atoms with Gasteiger partial charge in [-0.1, -0.05) is 41.9 Å². The summed E-state index contributed by atoms with van der Waals surface area (Å²) in [6, 6.07) is 15.9. The number of halogens is 1. The molecule has 1 aromatic heterocycles. The number of urea groups is 1. The zero-order valence-electron chi connectivity index (χ0n) is 15.6. The number of nitrogens with zero attached hydrogens (tertiary/aromatic N) is 1. The molecule has 8 nitrogen and oxygen atoms in total. The fraction of sp³-hybridized carbons (Fsp3) is 0.0476. The van der Waals surface area contributed by atoms with Crippen LogP contribution in [0.3, 0.4) is 0 Å². The molecule has 0 aliphatic rings. The van der Waals surface area contributed by atoms with E-state index in [0.29, 0.717) is 17.2 Å². The number of primary amides is 1. The van der Waals surface area contributed by atoms with Crippen molar-refractivity contribution < 1.29 is 19.1 Å². The molecule has 0 bridgehead atoms. The van der Waals surface area contributed by atoms with Gasteiger partial charge in [0.05, 0.1) is 17.1 Å². The second-order valence-electron chi connectivity index (χ2n) is 6.15. The topological polar surface area (TPSA) is 123 Å². The number of benzene rings is 2. The number of amides is 4. The number of carbonyl (C=O) groups excluding carboxylic acids is 3. The summed E-state index contributed by atoms with van der Waals surface area (Å²) in [6.07, 6.45) is 1.47. The molecule has 0 aliphatic heterocycles. The van der Waals surface area contributed by atoms with Crippen LogP contribution >= 0.6 is 11.6 Å². The Hall–Kier alpha value is -3.91. The number of aromatic nitrogens is 1. The Balaban J connectivity index is 1.59. The van der Waals surface area contributed by atoms with Crippen LogP contribution in [0.15, 0.2) is 66.9 Å². The largest absolute Gasteiger partial charge is 0.457 e. The SMILES string of the molecule is NC(=O)c1cc(Oc2ccc(NC(=O)NC(=O)Cc3ccccc3)c(Cl)c2)ccn1. The Morgan fingerprint density at radius 1 is 1.00 bits per heavy atom. The minimum atomic E-state index is -0.702. The van der Waals surface area contributed by atoms with Crippen LogP contribution in [0.2, 0.25) is 5.02 Å². The summed E-state index contributed by atoms with van der Waals surface area (Å²) in [5, 5.41) is 4.95. The molecule has 4 N–H and O–H groups in total. The highest BCUT2D eigenvalue weighted by molar-refractivity contribution is 6.33. The third kappa shape index (κ3) is 5.79. The standard InChI is InChI=1S/C21H17ClN4O4/c22-16-11-14(30-15-8-9-24-18(12-15)20(23)28)6-7-17(16)25-21(29)26-19(27)10-13-4-2-1-3-5-13/h1-9,11-12H,10H2,(H2,23,28)(H2,25,26,27,29). The minimum absolute atomic E-state index is 0.0636. The predicted octanol–water partition coefficient (Wildman–Crippen LogP) is 3.52. The van der Waals surface area contributed by atoms with Crippen LogP contribution in [0.1, 0.15) is 16.1 Å². The number of hydrogen-bond donors (Lipinski definition) is 3. The van der Waals surface area contributed by atoms with E-state index in [0.717, 1.165) is 5.56 Å². The van der Waals surface area contributed by atoms with Gasteiger partial charge in [-0.25, -0.2) is 4.79 Å². The highest BCUT2D eigenvalue weighted by Gasteiger charge is 2.12. The Labute approximate surface area is 177 Å². The van der Waals surface area contributed by atoms with Gasteiger partial charge in [-0.15, -0.1) is 0 Å². The van der Waals surface area contributed by atoms with Gasteiger partial charge in [0.2, 0.25) is 5.91 Å². The molecule has 0 atom stereocenters. The summed E-state index contributed by atoms with van der Waals surface area (Å²) in [4.78, 5) is 39.1. The molecule has 0 spiro atoms. The van der Waals surface area contributed by atoms with Gasteiger partial charge in [0.15, 0.2) is 0 Å². The first-order valence-corrected chi connectivity index (χ1v) is 9.16. The Bertz CT molecular complexity index is 1090.